The Morgan fingerprint density at radius 1 is 1.10 bits per heavy atom. The summed E-state index contributed by atoms with van der Waals surface area (Å²) in [5.74, 6) is 1.61. The van der Waals surface area contributed by atoms with Crippen molar-refractivity contribution in [1.82, 2.24) is 20.1 Å². The van der Waals surface area contributed by atoms with Gasteiger partial charge in [-0.1, -0.05) is 54.6 Å². The van der Waals surface area contributed by atoms with E-state index in [0.29, 0.717) is 17.6 Å². The lowest BCUT2D eigenvalue weighted by atomic mass is 10.2. The van der Waals surface area contributed by atoms with E-state index in [0.717, 1.165) is 42.8 Å². The van der Waals surface area contributed by atoms with Crippen LogP contribution in [0.2, 0.25) is 0 Å². The Labute approximate surface area is 174 Å². The monoisotopic (exact) mass is 408 g/mol. The molecule has 1 atom stereocenters. The number of hydrogen-bond acceptors (Lipinski definition) is 5. The van der Waals surface area contributed by atoms with Gasteiger partial charge in [-0.2, -0.15) is 0 Å². The van der Waals surface area contributed by atoms with Crippen LogP contribution in [0, 0.1) is 6.92 Å². The van der Waals surface area contributed by atoms with Crippen LogP contribution in [-0.4, -0.2) is 32.5 Å². The minimum atomic E-state index is -0.158. The van der Waals surface area contributed by atoms with Crippen LogP contribution < -0.4 is 10.1 Å². The van der Waals surface area contributed by atoms with Crippen molar-refractivity contribution in [2.45, 2.75) is 43.2 Å². The van der Waals surface area contributed by atoms with Crippen molar-refractivity contribution in [3.63, 3.8) is 0 Å². The summed E-state index contributed by atoms with van der Waals surface area (Å²) in [6.07, 6.45) is 2.88. The van der Waals surface area contributed by atoms with Crippen LogP contribution >= 0.6 is 11.8 Å². The number of ether oxygens (including phenoxy) is 1. The van der Waals surface area contributed by atoms with Gasteiger partial charge in [0.2, 0.25) is 5.91 Å². The maximum absolute atomic E-state index is 12.4. The number of nitrogens with one attached hydrogen (secondary N) is 1. The predicted octanol–water partition coefficient (Wildman–Crippen LogP) is 3.92. The van der Waals surface area contributed by atoms with E-state index in [4.69, 9.17) is 4.74 Å². The molecule has 0 aliphatic carbocycles. The van der Waals surface area contributed by atoms with E-state index in [2.05, 4.69) is 15.5 Å². The molecule has 1 amide bonds. The average molecular weight is 409 g/mol. The highest BCUT2D eigenvalue weighted by molar-refractivity contribution is 8.00. The number of carbonyl (C=O) groups excluding carboxylic acids is 1. The summed E-state index contributed by atoms with van der Waals surface area (Å²) in [5.41, 5.74) is 2.03. The maximum atomic E-state index is 12.4. The fraction of sp³-hybridized carbons (Fsp3) is 0.318. The molecular weight excluding hydrogens is 384 g/mol. The first-order chi connectivity index (χ1) is 14.2. The van der Waals surface area contributed by atoms with Crippen LogP contribution in [0.3, 0.4) is 0 Å². The molecule has 150 valence electrons. The molecule has 1 aromatic heterocycles. The van der Waals surface area contributed by atoms with Gasteiger partial charge in [0.05, 0.1) is 5.25 Å². The topological polar surface area (TPSA) is 69.0 Å². The van der Waals surface area contributed by atoms with Crippen molar-refractivity contribution in [3.05, 3.63) is 66.0 Å². The Morgan fingerprint density at radius 2 is 1.90 bits per heavy atom. The minimum Gasteiger partial charge on any atom is -0.485 e. The Kier molecular flexibility index (Phi) is 6.14. The first-order valence-electron chi connectivity index (χ1n) is 9.85. The highest BCUT2D eigenvalue weighted by Crippen LogP contribution is 2.30. The summed E-state index contributed by atoms with van der Waals surface area (Å²) in [4.78, 5) is 12.4. The number of nitrogens with zero attached hydrogens (tertiary/aromatic N) is 3. The van der Waals surface area contributed by atoms with Crippen LogP contribution in [0.5, 0.6) is 5.75 Å². The third-order valence-corrected chi connectivity index (χ3v) is 6.11. The molecule has 1 N–H and O–H groups in total. The smallest absolute Gasteiger partial charge is 0.233 e. The quantitative estimate of drug-likeness (QED) is 0.670. The zero-order valence-electron chi connectivity index (χ0n) is 16.4. The SMILES string of the molecule is Cc1ccccc1OCc1nnc(S[C@H]2CCCCNC2=O)n1-c1ccccc1. The third kappa shape index (κ3) is 4.62. The summed E-state index contributed by atoms with van der Waals surface area (Å²) in [6.45, 7) is 3.06. The van der Waals surface area contributed by atoms with Crippen LogP contribution in [0.4, 0.5) is 0 Å². The Bertz CT molecular complexity index is 974. The molecule has 29 heavy (non-hydrogen) atoms. The van der Waals surface area contributed by atoms with E-state index >= 15 is 0 Å². The second-order valence-electron chi connectivity index (χ2n) is 7.02. The van der Waals surface area contributed by atoms with Gasteiger partial charge in [0.15, 0.2) is 11.0 Å². The summed E-state index contributed by atoms with van der Waals surface area (Å²) < 4.78 is 8.00. The molecule has 3 aromatic rings. The number of thioether (sulfide) groups is 1. The van der Waals surface area contributed by atoms with E-state index in [1.165, 1.54) is 11.8 Å². The first-order valence-corrected chi connectivity index (χ1v) is 10.7. The number of rotatable bonds is 6. The van der Waals surface area contributed by atoms with Crippen LogP contribution in [0.1, 0.15) is 30.7 Å². The molecule has 2 aromatic carbocycles. The Hall–Kier alpha value is -2.80. The lowest BCUT2D eigenvalue weighted by Crippen LogP contribution is -2.30. The predicted molar refractivity (Wildman–Crippen MR) is 113 cm³/mol. The number of para-hydroxylation sites is 2. The molecular formula is C22H24N4O2S. The van der Waals surface area contributed by atoms with E-state index < -0.39 is 0 Å². The lowest BCUT2D eigenvalue weighted by Gasteiger charge is -2.15. The molecule has 1 aliphatic heterocycles. The summed E-state index contributed by atoms with van der Waals surface area (Å²) in [7, 11) is 0. The van der Waals surface area contributed by atoms with Crippen molar-refractivity contribution in [3.8, 4) is 11.4 Å². The number of aryl methyl sites for hydroxylation is 1. The molecule has 4 rings (SSSR count). The fourth-order valence-corrected chi connectivity index (χ4v) is 4.45. The minimum absolute atomic E-state index is 0.0767. The molecule has 1 saturated heterocycles. The molecule has 0 unspecified atom stereocenters. The maximum Gasteiger partial charge on any atom is 0.233 e. The Balaban J connectivity index is 1.62. The molecule has 2 heterocycles. The summed E-state index contributed by atoms with van der Waals surface area (Å²) >= 11 is 1.47. The van der Waals surface area contributed by atoms with E-state index in [1.54, 1.807) is 0 Å². The molecule has 1 aliphatic rings. The summed E-state index contributed by atoms with van der Waals surface area (Å²) in [6, 6.07) is 17.9. The van der Waals surface area contributed by atoms with Crippen LogP contribution in [-0.2, 0) is 11.4 Å². The highest BCUT2D eigenvalue weighted by atomic mass is 32.2. The molecule has 0 spiro atoms. The van der Waals surface area contributed by atoms with Gasteiger partial charge in [-0.25, -0.2) is 0 Å². The molecule has 0 saturated carbocycles. The van der Waals surface area contributed by atoms with Gasteiger partial charge in [-0.15, -0.1) is 10.2 Å². The molecule has 1 fully saturated rings. The van der Waals surface area contributed by atoms with Crippen molar-refractivity contribution in [2.75, 3.05) is 6.54 Å². The van der Waals surface area contributed by atoms with Crippen LogP contribution in [0.25, 0.3) is 5.69 Å². The summed E-state index contributed by atoms with van der Waals surface area (Å²) in [5, 5.41) is 12.3. The largest absolute Gasteiger partial charge is 0.485 e. The van der Waals surface area contributed by atoms with Gasteiger partial charge in [0.25, 0.3) is 0 Å². The molecule has 0 radical (unpaired) electrons. The van der Waals surface area contributed by atoms with E-state index in [9.17, 15) is 4.79 Å². The van der Waals surface area contributed by atoms with Gasteiger partial charge >= 0.3 is 0 Å². The third-order valence-electron chi connectivity index (χ3n) is 4.90. The molecule has 6 nitrogen and oxygen atoms in total. The van der Waals surface area contributed by atoms with Gasteiger partial charge < -0.3 is 10.1 Å². The van der Waals surface area contributed by atoms with Crippen molar-refractivity contribution in [1.29, 1.82) is 0 Å². The normalized spacial score (nSPS) is 16.9. The lowest BCUT2D eigenvalue weighted by molar-refractivity contribution is -0.120. The number of carbonyl (C=O) groups is 1. The van der Waals surface area contributed by atoms with Gasteiger partial charge in [-0.3, -0.25) is 9.36 Å². The first kappa shape index (κ1) is 19.5. The zero-order valence-corrected chi connectivity index (χ0v) is 17.2. The van der Waals surface area contributed by atoms with Crippen LogP contribution in [0.15, 0.2) is 59.8 Å². The number of aromatic nitrogens is 3. The van der Waals surface area contributed by atoms with Crippen molar-refractivity contribution >= 4 is 17.7 Å². The fourth-order valence-electron chi connectivity index (χ4n) is 3.32. The number of benzene rings is 2. The van der Waals surface area contributed by atoms with E-state index in [-0.39, 0.29) is 11.2 Å². The Morgan fingerprint density at radius 3 is 2.72 bits per heavy atom. The second kappa shape index (κ2) is 9.13. The van der Waals surface area contributed by atoms with Gasteiger partial charge in [0, 0.05) is 12.2 Å². The number of hydrogen-bond donors (Lipinski definition) is 1. The molecule has 7 heteroatoms. The van der Waals surface area contributed by atoms with E-state index in [1.807, 2.05) is 66.1 Å². The molecule has 0 bridgehead atoms. The number of amides is 1. The zero-order chi connectivity index (χ0) is 20.1. The van der Waals surface area contributed by atoms with Gasteiger partial charge in [0.1, 0.15) is 12.4 Å². The highest BCUT2D eigenvalue weighted by Gasteiger charge is 2.25. The van der Waals surface area contributed by atoms with Crippen molar-refractivity contribution < 1.29 is 9.53 Å². The standard InChI is InChI=1S/C22H24N4O2S/c1-16-9-5-6-12-18(16)28-15-20-24-25-22(26(20)17-10-3-2-4-11-17)29-19-13-7-8-14-23-21(19)27/h2-6,9-12,19H,7-8,13-15H2,1H3,(H,23,27)/t19-/m0/s1. The average Bonchev–Trinajstić information content (AvgIpc) is 3.03. The van der Waals surface area contributed by atoms with Gasteiger partial charge in [-0.05, 0) is 43.5 Å². The van der Waals surface area contributed by atoms with Crippen molar-refractivity contribution in [2.24, 2.45) is 0 Å². The second-order valence-corrected chi connectivity index (χ2v) is 8.19.